The highest BCUT2D eigenvalue weighted by molar-refractivity contribution is 7.19. The number of hydrogen-bond acceptors (Lipinski definition) is 7. The van der Waals surface area contributed by atoms with E-state index >= 15 is 0 Å². The summed E-state index contributed by atoms with van der Waals surface area (Å²) < 4.78 is 5.46. The van der Waals surface area contributed by atoms with E-state index < -0.39 is 0 Å². The molecular formula is C19H26N4O2S. The molecule has 0 unspecified atom stereocenters. The molecule has 2 aromatic rings. The summed E-state index contributed by atoms with van der Waals surface area (Å²) in [6, 6.07) is 0. The van der Waals surface area contributed by atoms with Crippen molar-refractivity contribution in [3.63, 3.8) is 0 Å². The van der Waals surface area contributed by atoms with Gasteiger partial charge < -0.3 is 14.7 Å². The Hall–Kier alpha value is -1.28. The van der Waals surface area contributed by atoms with Gasteiger partial charge in [0.2, 0.25) is 0 Å². The van der Waals surface area contributed by atoms with E-state index in [1.807, 2.05) is 11.3 Å². The molecule has 26 heavy (non-hydrogen) atoms. The van der Waals surface area contributed by atoms with Crippen LogP contribution >= 0.6 is 11.3 Å². The van der Waals surface area contributed by atoms with Crippen LogP contribution in [0.25, 0.3) is 10.2 Å². The molecule has 1 aliphatic carbocycles. The van der Waals surface area contributed by atoms with E-state index in [1.165, 1.54) is 28.7 Å². The summed E-state index contributed by atoms with van der Waals surface area (Å²) >= 11 is 1.86. The molecule has 140 valence electrons. The van der Waals surface area contributed by atoms with E-state index in [4.69, 9.17) is 14.7 Å². The molecule has 1 atom stereocenters. The fourth-order valence-electron chi connectivity index (χ4n) is 4.43. The van der Waals surface area contributed by atoms with Gasteiger partial charge in [-0.1, -0.05) is 0 Å². The molecule has 0 aromatic carbocycles. The van der Waals surface area contributed by atoms with Gasteiger partial charge in [-0.15, -0.1) is 11.3 Å². The first-order valence-corrected chi connectivity index (χ1v) is 10.6. The molecular weight excluding hydrogens is 348 g/mol. The summed E-state index contributed by atoms with van der Waals surface area (Å²) in [6.45, 7) is 5.92. The van der Waals surface area contributed by atoms with Gasteiger partial charge in [0.1, 0.15) is 16.5 Å². The first-order chi connectivity index (χ1) is 12.8. The zero-order valence-electron chi connectivity index (χ0n) is 15.1. The molecule has 0 radical (unpaired) electrons. The quantitative estimate of drug-likeness (QED) is 0.886. The van der Waals surface area contributed by atoms with Crippen molar-refractivity contribution in [2.24, 2.45) is 0 Å². The van der Waals surface area contributed by atoms with Crippen LogP contribution in [0.3, 0.4) is 0 Å². The van der Waals surface area contributed by atoms with Gasteiger partial charge in [-0.3, -0.25) is 4.90 Å². The fourth-order valence-corrected chi connectivity index (χ4v) is 5.70. The van der Waals surface area contributed by atoms with Crippen LogP contribution in [0.2, 0.25) is 0 Å². The Bertz CT molecular complexity index is 802. The molecule has 0 saturated carbocycles. The predicted molar refractivity (Wildman–Crippen MR) is 103 cm³/mol. The lowest BCUT2D eigenvalue weighted by atomic mass is 10.1. The van der Waals surface area contributed by atoms with E-state index in [0.29, 0.717) is 6.54 Å². The van der Waals surface area contributed by atoms with E-state index in [9.17, 15) is 5.11 Å². The number of aromatic nitrogens is 2. The molecule has 2 aliphatic heterocycles. The second-order valence-corrected chi connectivity index (χ2v) is 8.72. The number of fused-ring (bicyclic) bond motifs is 3. The largest absolute Gasteiger partial charge is 0.391 e. The van der Waals surface area contributed by atoms with Gasteiger partial charge >= 0.3 is 0 Å². The van der Waals surface area contributed by atoms with Crippen LogP contribution in [0.15, 0.2) is 0 Å². The van der Waals surface area contributed by atoms with Crippen molar-refractivity contribution >= 4 is 27.4 Å². The maximum atomic E-state index is 10.2. The molecule has 0 spiro atoms. The number of aliphatic hydroxyl groups excluding tert-OH is 1. The Morgan fingerprint density at radius 2 is 2.00 bits per heavy atom. The molecule has 2 fully saturated rings. The number of β-amino-alcohol motifs (C(OH)–C–C–N with tert-alkyl or cyclic N) is 1. The van der Waals surface area contributed by atoms with Gasteiger partial charge in [-0.2, -0.15) is 0 Å². The zero-order chi connectivity index (χ0) is 17.5. The molecule has 7 heteroatoms. The number of hydrogen-bond donors (Lipinski definition) is 1. The minimum Gasteiger partial charge on any atom is -0.391 e. The molecule has 5 rings (SSSR count). The average molecular weight is 375 g/mol. The lowest BCUT2D eigenvalue weighted by Gasteiger charge is -2.32. The SMILES string of the molecule is O[C@@H]1CCCN(c2nc(CN3CCOCC3)nc3sc4c(c23)CCC4)C1. The van der Waals surface area contributed by atoms with Crippen LogP contribution in [-0.4, -0.2) is 65.5 Å². The third kappa shape index (κ3) is 3.11. The summed E-state index contributed by atoms with van der Waals surface area (Å²) in [4.78, 5) is 17.3. The first kappa shape index (κ1) is 16.9. The molecule has 0 bridgehead atoms. The van der Waals surface area contributed by atoms with Crippen LogP contribution in [-0.2, 0) is 24.1 Å². The molecule has 4 heterocycles. The molecule has 6 nitrogen and oxygen atoms in total. The minimum atomic E-state index is -0.247. The van der Waals surface area contributed by atoms with Crippen molar-refractivity contribution in [1.82, 2.24) is 14.9 Å². The predicted octanol–water partition coefficient (Wildman–Crippen LogP) is 1.97. The van der Waals surface area contributed by atoms with E-state index in [-0.39, 0.29) is 6.10 Å². The smallest absolute Gasteiger partial charge is 0.146 e. The Labute approximate surface area is 157 Å². The van der Waals surface area contributed by atoms with Gasteiger partial charge in [0.05, 0.1) is 31.2 Å². The maximum Gasteiger partial charge on any atom is 0.146 e. The second kappa shape index (κ2) is 7.03. The van der Waals surface area contributed by atoms with Crippen LogP contribution in [0, 0.1) is 0 Å². The average Bonchev–Trinajstić information content (AvgIpc) is 3.23. The Morgan fingerprint density at radius 3 is 2.85 bits per heavy atom. The third-order valence-electron chi connectivity index (χ3n) is 5.76. The summed E-state index contributed by atoms with van der Waals surface area (Å²) in [6.07, 6.45) is 5.24. The molecule has 2 aromatic heterocycles. The van der Waals surface area contributed by atoms with Crippen molar-refractivity contribution in [1.29, 1.82) is 0 Å². The van der Waals surface area contributed by atoms with Crippen molar-refractivity contribution in [3.8, 4) is 0 Å². The topological polar surface area (TPSA) is 61.7 Å². The van der Waals surface area contributed by atoms with Crippen LogP contribution in [0.5, 0.6) is 0 Å². The molecule has 0 amide bonds. The molecule has 2 saturated heterocycles. The van der Waals surface area contributed by atoms with Crippen molar-refractivity contribution in [2.75, 3.05) is 44.3 Å². The lowest BCUT2D eigenvalue weighted by Crippen LogP contribution is -2.39. The van der Waals surface area contributed by atoms with E-state index in [0.717, 1.165) is 75.1 Å². The Balaban J connectivity index is 1.55. The van der Waals surface area contributed by atoms with E-state index in [1.54, 1.807) is 0 Å². The van der Waals surface area contributed by atoms with Gasteiger partial charge in [0, 0.05) is 31.1 Å². The zero-order valence-corrected chi connectivity index (χ0v) is 15.9. The third-order valence-corrected chi connectivity index (χ3v) is 6.94. The van der Waals surface area contributed by atoms with Crippen LogP contribution < -0.4 is 4.90 Å². The Morgan fingerprint density at radius 1 is 1.12 bits per heavy atom. The Kier molecular flexibility index (Phi) is 4.56. The number of anilines is 1. The van der Waals surface area contributed by atoms with E-state index in [2.05, 4.69) is 9.80 Å². The number of piperidine rings is 1. The fraction of sp³-hybridized carbons (Fsp3) is 0.684. The molecule has 1 N–H and O–H groups in total. The summed E-state index contributed by atoms with van der Waals surface area (Å²) in [5.74, 6) is 1.98. The monoisotopic (exact) mass is 374 g/mol. The number of thiophene rings is 1. The molecule has 3 aliphatic rings. The normalized spacial score (nSPS) is 24.3. The van der Waals surface area contributed by atoms with Gasteiger partial charge in [-0.25, -0.2) is 9.97 Å². The van der Waals surface area contributed by atoms with Crippen molar-refractivity contribution in [3.05, 3.63) is 16.3 Å². The number of aryl methyl sites for hydroxylation is 2. The highest BCUT2D eigenvalue weighted by Crippen LogP contribution is 2.41. The van der Waals surface area contributed by atoms with Crippen molar-refractivity contribution in [2.45, 2.75) is 44.8 Å². The van der Waals surface area contributed by atoms with Crippen molar-refractivity contribution < 1.29 is 9.84 Å². The number of rotatable bonds is 3. The van der Waals surface area contributed by atoms with Gasteiger partial charge in [0.15, 0.2) is 0 Å². The summed E-state index contributed by atoms with van der Waals surface area (Å²) in [5.41, 5.74) is 1.47. The summed E-state index contributed by atoms with van der Waals surface area (Å²) in [7, 11) is 0. The van der Waals surface area contributed by atoms with Gasteiger partial charge in [-0.05, 0) is 37.7 Å². The highest BCUT2D eigenvalue weighted by Gasteiger charge is 2.27. The number of nitrogens with zero attached hydrogens (tertiary/aromatic N) is 4. The standard InChI is InChI=1S/C19H26N4O2S/c24-13-3-2-6-23(11-13)18-17-14-4-1-5-15(14)26-19(17)21-16(20-18)12-22-7-9-25-10-8-22/h13,24H,1-12H2/t13-/m1/s1. The second-order valence-electron chi connectivity index (χ2n) is 7.63. The maximum absolute atomic E-state index is 10.2. The number of aliphatic hydroxyl groups is 1. The van der Waals surface area contributed by atoms with Gasteiger partial charge in [0.25, 0.3) is 0 Å². The number of ether oxygens (including phenoxy) is 1. The summed E-state index contributed by atoms with van der Waals surface area (Å²) in [5, 5.41) is 11.4. The van der Waals surface area contributed by atoms with Crippen LogP contribution in [0.4, 0.5) is 5.82 Å². The van der Waals surface area contributed by atoms with Crippen LogP contribution in [0.1, 0.15) is 35.5 Å². The highest BCUT2D eigenvalue weighted by atomic mass is 32.1. The lowest BCUT2D eigenvalue weighted by molar-refractivity contribution is 0.0331. The number of morpholine rings is 1. The first-order valence-electron chi connectivity index (χ1n) is 9.82. The minimum absolute atomic E-state index is 0.247.